The number of rotatable bonds is 6. The maximum atomic E-state index is 12.3. The standard InChI is InChI=1S/C16H13BrN3O3S2/c1-23-13-6-2-11(3-7-13)10-15-18-19-16(24-15)20-25(21,22)14-8-4-12(17)5-9-14/h2-9H,10H2,1H3/q-1. The maximum absolute atomic E-state index is 12.3. The van der Waals surface area contributed by atoms with E-state index in [0.717, 1.165) is 27.1 Å². The van der Waals surface area contributed by atoms with Crippen LogP contribution in [0.3, 0.4) is 0 Å². The molecular formula is C16H13BrN3O3S2-. The van der Waals surface area contributed by atoms with Gasteiger partial charge in [-0.05, 0) is 42.0 Å². The first kappa shape index (κ1) is 17.8. The molecular weight excluding hydrogens is 426 g/mol. The van der Waals surface area contributed by atoms with Crippen molar-refractivity contribution in [3.63, 3.8) is 0 Å². The third kappa shape index (κ3) is 4.56. The molecule has 3 aromatic rings. The molecule has 6 nitrogen and oxygen atoms in total. The number of benzene rings is 2. The van der Waals surface area contributed by atoms with Crippen molar-refractivity contribution in [2.24, 2.45) is 0 Å². The average molecular weight is 439 g/mol. The number of ether oxygens (including phenoxy) is 1. The summed E-state index contributed by atoms with van der Waals surface area (Å²) in [6.45, 7) is 0. The first-order chi connectivity index (χ1) is 12.0. The third-order valence-electron chi connectivity index (χ3n) is 3.28. The zero-order valence-electron chi connectivity index (χ0n) is 13.1. The van der Waals surface area contributed by atoms with Crippen LogP contribution in [0.2, 0.25) is 0 Å². The molecule has 0 saturated carbocycles. The zero-order chi connectivity index (χ0) is 17.9. The molecule has 3 rings (SSSR count). The lowest BCUT2D eigenvalue weighted by Gasteiger charge is -2.10. The van der Waals surface area contributed by atoms with Gasteiger partial charge in [0.15, 0.2) is 0 Å². The van der Waals surface area contributed by atoms with Crippen LogP contribution < -0.4 is 4.74 Å². The van der Waals surface area contributed by atoms with Gasteiger partial charge in [-0.25, -0.2) is 8.42 Å². The molecule has 0 atom stereocenters. The first-order valence-corrected chi connectivity index (χ1v) is 10.2. The summed E-state index contributed by atoms with van der Waals surface area (Å²) < 4.78 is 34.3. The second kappa shape index (κ2) is 7.51. The Morgan fingerprint density at radius 3 is 2.40 bits per heavy atom. The van der Waals surface area contributed by atoms with E-state index in [1.165, 1.54) is 12.1 Å². The fourth-order valence-corrected chi connectivity index (χ4v) is 4.18. The van der Waals surface area contributed by atoms with Crippen LogP contribution in [0.1, 0.15) is 10.6 Å². The van der Waals surface area contributed by atoms with Crippen LogP contribution in [0.15, 0.2) is 57.9 Å². The molecule has 2 aromatic carbocycles. The van der Waals surface area contributed by atoms with Gasteiger partial charge in [-0.2, -0.15) is 0 Å². The molecule has 9 heteroatoms. The van der Waals surface area contributed by atoms with E-state index in [1.54, 1.807) is 19.2 Å². The molecule has 0 aliphatic heterocycles. The average Bonchev–Trinajstić information content (AvgIpc) is 3.02. The molecule has 0 aliphatic rings. The van der Waals surface area contributed by atoms with Crippen molar-refractivity contribution in [2.45, 2.75) is 11.3 Å². The number of nitrogens with zero attached hydrogens (tertiary/aromatic N) is 3. The smallest absolute Gasteiger partial charge is 0.203 e. The Labute approximate surface area is 158 Å². The van der Waals surface area contributed by atoms with Gasteiger partial charge in [-0.3, -0.25) is 5.10 Å². The summed E-state index contributed by atoms with van der Waals surface area (Å²) in [4.78, 5) is 0.114. The van der Waals surface area contributed by atoms with Gasteiger partial charge in [-0.15, -0.1) is 11.3 Å². The summed E-state index contributed by atoms with van der Waals surface area (Å²) in [6.07, 6.45) is 0.551. The Kier molecular flexibility index (Phi) is 5.36. The number of hydrogen-bond acceptors (Lipinski definition) is 6. The highest BCUT2D eigenvalue weighted by molar-refractivity contribution is 9.10. The van der Waals surface area contributed by atoms with Crippen molar-refractivity contribution in [1.82, 2.24) is 10.2 Å². The highest BCUT2D eigenvalue weighted by atomic mass is 79.9. The normalized spacial score (nSPS) is 11.3. The quantitative estimate of drug-likeness (QED) is 0.572. The van der Waals surface area contributed by atoms with Crippen molar-refractivity contribution in [1.29, 1.82) is 0 Å². The molecule has 1 heterocycles. The van der Waals surface area contributed by atoms with E-state index in [1.807, 2.05) is 24.3 Å². The molecule has 130 valence electrons. The zero-order valence-corrected chi connectivity index (χ0v) is 16.3. The van der Waals surface area contributed by atoms with Gasteiger partial charge in [0, 0.05) is 16.0 Å². The van der Waals surface area contributed by atoms with Crippen molar-refractivity contribution in [3.05, 3.63) is 68.3 Å². The van der Waals surface area contributed by atoms with Crippen LogP contribution in [-0.2, 0) is 16.4 Å². The Hall–Kier alpha value is -1.97. The number of aromatic nitrogens is 2. The Bertz CT molecular complexity index is 955. The number of methoxy groups -OCH3 is 1. The highest BCUT2D eigenvalue weighted by Crippen LogP contribution is 2.31. The lowest BCUT2D eigenvalue weighted by atomic mass is 10.1. The first-order valence-electron chi connectivity index (χ1n) is 7.15. The largest absolute Gasteiger partial charge is 0.497 e. The minimum absolute atomic E-state index is 0.114. The lowest BCUT2D eigenvalue weighted by molar-refractivity contribution is 0.414. The molecule has 25 heavy (non-hydrogen) atoms. The van der Waals surface area contributed by atoms with E-state index in [2.05, 4.69) is 30.8 Å². The molecule has 0 N–H and O–H groups in total. The van der Waals surface area contributed by atoms with E-state index >= 15 is 0 Å². The Morgan fingerprint density at radius 2 is 1.76 bits per heavy atom. The van der Waals surface area contributed by atoms with E-state index in [9.17, 15) is 8.42 Å². The van der Waals surface area contributed by atoms with Crippen molar-refractivity contribution < 1.29 is 13.2 Å². The fourth-order valence-electron chi connectivity index (χ4n) is 2.03. The van der Waals surface area contributed by atoms with Gasteiger partial charge >= 0.3 is 0 Å². The van der Waals surface area contributed by atoms with E-state index < -0.39 is 10.0 Å². The molecule has 0 fully saturated rings. The van der Waals surface area contributed by atoms with Crippen molar-refractivity contribution >= 4 is 42.4 Å². The van der Waals surface area contributed by atoms with Gasteiger partial charge in [0.1, 0.15) is 5.75 Å². The molecule has 0 unspecified atom stereocenters. The van der Waals surface area contributed by atoms with E-state index in [-0.39, 0.29) is 10.0 Å². The molecule has 0 amide bonds. The van der Waals surface area contributed by atoms with E-state index in [4.69, 9.17) is 4.74 Å². The maximum Gasteiger partial charge on any atom is 0.203 e. The molecule has 0 aliphatic carbocycles. The van der Waals surface area contributed by atoms with Crippen molar-refractivity contribution in [3.8, 4) is 5.75 Å². The number of hydrogen-bond donors (Lipinski definition) is 0. The summed E-state index contributed by atoms with van der Waals surface area (Å²) in [5.74, 6) is 0.775. The molecule has 0 bridgehead atoms. The van der Waals surface area contributed by atoms with Gasteiger partial charge in [0.25, 0.3) is 0 Å². The van der Waals surface area contributed by atoms with Gasteiger partial charge in [0.05, 0.1) is 17.0 Å². The number of halogens is 1. The van der Waals surface area contributed by atoms with Crippen LogP contribution >= 0.6 is 27.3 Å². The number of sulfonamides is 1. The summed E-state index contributed by atoms with van der Waals surface area (Å²) in [5.41, 5.74) is 1.03. The van der Waals surface area contributed by atoms with Crippen molar-refractivity contribution in [2.75, 3.05) is 7.11 Å². The minimum atomic E-state index is -3.80. The summed E-state index contributed by atoms with van der Waals surface area (Å²) in [5, 5.41) is 8.69. The second-order valence-corrected chi connectivity index (χ2v) is 8.58. The van der Waals surface area contributed by atoms with Crippen LogP contribution in [0, 0.1) is 0 Å². The van der Waals surface area contributed by atoms with Gasteiger partial charge in [0.2, 0.25) is 10.0 Å². The Morgan fingerprint density at radius 1 is 1.08 bits per heavy atom. The summed E-state index contributed by atoms with van der Waals surface area (Å²) >= 11 is 4.42. The lowest BCUT2D eigenvalue weighted by Crippen LogP contribution is -1.97. The summed E-state index contributed by atoms with van der Waals surface area (Å²) in [6, 6.07) is 13.9. The van der Waals surface area contributed by atoms with E-state index in [0.29, 0.717) is 11.4 Å². The topological polar surface area (TPSA) is 83.2 Å². The molecule has 0 radical (unpaired) electrons. The second-order valence-electron chi connectivity index (χ2n) is 5.02. The SMILES string of the molecule is COc1ccc(Cc2nnc([N-]S(=O)(=O)c3ccc(Br)cc3)s2)cc1. The van der Waals surface area contributed by atoms with Crippen LogP contribution in [-0.4, -0.2) is 25.7 Å². The fraction of sp³-hybridized carbons (Fsp3) is 0.125. The minimum Gasteiger partial charge on any atom is -0.497 e. The van der Waals surface area contributed by atoms with Gasteiger partial charge < -0.3 is 14.6 Å². The third-order valence-corrected chi connectivity index (χ3v) is 6.02. The van der Waals surface area contributed by atoms with Gasteiger partial charge in [-0.1, -0.05) is 28.1 Å². The molecule has 1 aromatic heterocycles. The predicted octanol–water partition coefficient (Wildman–Crippen LogP) is 4.29. The predicted molar refractivity (Wildman–Crippen MR) is 100 cm³/mol. The van der Waals surface area contributed by atoms with Crippen LogP contribution in [0.25, 0.3) is 4.72 Å². The summed E-state index contributed by atoms with van der Waals surface area (Å²) in [7, 11) is -2.19. The van der Waals surface area contributed by atoms with Crippen LogP contribution in [0.4, 0.5) is 5.13 Å². The monoisotopic (exact) mass is 438 g/mol. The molecule has 0 spiro atoms. The highest BCUT2D eigenvalue weighted by Gasteiger charge is 2.11. The molecule has 0 saturated heterocycles. The van der Waals surface area contributed by atoms with Crippen LogP contribution in [0.5, 0.6) is 5.75 Å². The Balaban J connectivity index is 1.71.